The topological polar surface area (TPSA) is 122 Å². The molecule has 0 unspecified atom stereocenters. The van der Waals surface area contributed by atoms with Gasteiger partial charge in [-0.05, 0) is 54.0 Å². The first-order valence-electron chi connectivity index (χ1n) is 14.5. The molecule has 2 atom stereocenters. The number of nitrogens with zero attached hydrogens (tertiary/aromatic N) is 5. The second-order valence-corrected chi connectivity index (χ2v) is 17.7. The standard InChI is InChI=1S/C31H38BN6O4Si/c1-30(2,3)43(5,6)41-19-31(4)18-38(32-20-39)27-22(16-33)14-21(15-24(27)31)25-9-12-35-29(36-25)37-26-8-7-11-34-28(26)42-23-10-13-40-17-23/h7-9,11-12,14-15,20,23H,10,13,17-19H2,1-6H3,(H,35,36,37)/t23-,31-/m1/s1. The molecule has 1 N–H and O–H groups in total. The van der Waals surface area contributed by atoms with E-state index in [-0.39, 0.29) is 11.1 Å². The van der Waals surface area contributed by atoms with Crippen LogP contribution in [0.1, 0.15) is 45.2 Å². The van der Waals surface area contributed by atoms with Gasteiger partial charge >= 0.3 is 7.41 Å². The van der Waals surface area contributed by atoms with E-state index < -0.39 is 13.7 Å². The van der Waals surface area contributed by atoms with E-state index in [1.54, 1.807) is 12.4 Å². The zero-order valence-electron chi connectivity index (χ0n) is 25.7. The highest BCUT2D eigenvalue weighted by molar-refractivity contribution is 6.74. The Kier molecular flexibility index (Phi) is 8.61. The van der Waals surface area contributed by atoms with Crippen LogP contribution in [0.15, 0.2) is 42.7 Å². The number of nitrogens with one attached hydrogen (secondary N) is 1. The van der Waals surface area contributed by atoms with Crippen molar-refractivity contribution in [3.63, 3.8) is 0 Å². The van der Waals surface area contributed by atoms with Crippen molar-refractivity contribution in [2.24, 2.45) is 0 Å². The normalized spacial score (nSPS) is 19.9. The molecule has 1 radical (unpaired) electrons. The molecule has 2 aliphatic rings. The number of rotatable bonds is 10. The summed E-state index contributed by atoms with van der Waals surface area (Å²) >= 11 is 0. The molecule has 12 heteroatoms. The SMILES string of the molecule is CC(C)(C)[Si](C)(C)OC[C@@]1(C)CN([B]C=O)c2c(C#N)cc(-c3ccnc(Nc4cccnc4O[C@@H]4CCOC4)n3)cc21. The maximum Gasteiger partial charge on any atom is 0.329 e. The third-order valence-electron chi connectivity index (χ3n) is 8.62. The molecule has 0 bridgehead atoms. The van der Waals surface area contributed by atoms with Crippen LogP contribution >= 0.6 is 0 Å². The lowest BCUT2D eigenvalue weighted by atomic mass is 9.83. The minimum atomic E-state index is -2.06. The molecular weight excluding hydrogens is 559 g/mol. The largest absolute Gasteiger partial charge is 0.470 e. The van der Waals surface area contributed by atoms with E-state index in [0.29, 0.717) is 55.1 Å². The van der Waals surface area contributed by atoms with Crippen molar-refractivity contribution in [1.29, 1.82) is 5.26 Å². The number of pyridine rings is 1. The van der Waals surface area contributed by atoms with E-state index in [9.17, 15) is 10.1 Å². The predicted molar refractivity (Wildman–Crippen MR) is 170 cm³/mol. The van der Waals surface area contributed by atoms with Crippen molar-refractivity contribution >= 4 is 39.2 Å². The Morgan fingerprint density at radius 2 is 2.09 bits per heavy atom. The van der Waals surface area contributed by atoms with Gasteiger partial charge in [0.2, 0.25) is 11.8 Å². The number of ether oxygens (including phenoxy) is 2. The van der Waals surface area contributed by atoms with Crippen LogP contribution in [0.3, 0.4) is 0 Å². The Balaban J connectivity index is 1.48. The number of aromatic nitrogens is 3. The van der Waals surface area contributed by atoms with E-state index in [4.69, 9.17) is 18.9 Å². The molecule has 43 heavy (non-hydrogen) atoms. The Hall–Kier alpha value is -3.79. The molecule has 4 heterocycles. The quantitative estimate of drug-likeness (QED) is 0.246. The maximum absolute atomic E-state index is 11.6. The summed E-state index contributed by atoms with van der Waals surface area (Å²) in [7, 11) is -0.562. The second kappa shape index (κ2) is 12.1. The summed E-state index contributed by atoms with van der Waals surface area (Å²) in [5, 5.41) is 13.5. The van der Waals surface area contributed by atoms with E-state index in [1.165, 1.54) is 7.41 Å². The Morgan fingerprint density at radius 3 is 2.79 bits per heavy atom. The van der Waals surface area contributed by atoms with E-state index >= 15 is 0 Å². The number of fused-ring (bicyclic) bond motifs is 1. The lowest BCUT2D eigenvalue weighted by Gasteiger charge is -2.39. The zero-order valence-corrected chi connectivity index (χ0v) is 26.7. The van der Waals surface area contributed by atoms with Crippen LogP contribution in [0.5, 0.6) is 5.88 Å². The summed E-state index contributed by atoms with van der Waals surface area (Å²) in [5.74, 6) is 0.831. The third kappa shape index (κ3) is 6.44. The fraction of sp³-hybridized carbons (Fsp3) is 0.452. The van der Waals surface area contributed by atoms with Crippen LogP contribution in [-0.4, -0.2) is 69.3 Å². The molecule has 2 aliphatic heterocycles. The number of hydrogen-bond acceptors (Lipinski definition) is 10. The monoisotopic (exact) mass is 597 g/mol. The van der Waals surface area contributed by atoms with Gasteiger partial charge in [-0.1, -0.05) is 27.7 Å². The molecule has 1 aromatic carbocycles. The van der Waals surface area contributed by atoms with E-state index in [1.807, 2.05) is 29.1 Å². The van der Waals surface area contributed by atoms with Gasteiger partial charge in [-0.2, -0.15) is 5.26 Å². The van der Waals surface area contributed by atoms with Crippen LogP contribution in [0.25, 0.3) is 11.3 Å². The van der Waals surface area contributed by atoms with Crippen molar-refractivity contribution in [2.75, 3.05) is 36.5 Å². The molecule has 0 aliphatic carbocycles. The lowest BCUT2D eigenvalue weighted by Crippen LogP contribution is -2.46. The summed E-state index contributed by atoms with van der Waals surface area (Å²) in [6.45, 7) is 15.4. The fourth-order valence-electron chi connectivity index (χ4n) is 5.10. The molecule has 2 aromatic heterocycles. The summed E-state index contributed by atoms with van der Waals surface area (Å²) < 4.78 is 18.2. The number of nitriles is 1. The van der Waals surface area contributed by atoms with Crippen LogP contribution in [-0.2, 0) is 19.4 Å². The van der Waals surface area contributed by atoms with E-state index in [0.717, 1.165) is 29.4 Å². The van der Waals surface area contributed by atoms with Crippen molar-refractivity contribution in [1.82, 2.24) is 15.0 Å². The number of hydrogen-bond donors (Lipinski definition) is 1. The number of carbonyl (C=O) groups excluding carboxylic acids is 1. The molecule has 0 amide bonds. The molecule has 0 spiro atoms. The van der Waals surface area contributed by atoms with Crippen molar-refractivity contribution in [2.45, 2.75) is 63.8 Å². The number of carbonyl (C=O) groups is 1. The average Bonchev–Trinajstić information content (AvgIpc) is 3.58. The summed E-state index contributed by atoms with van der Waals surface area (Å²) in [4.78, 5) is 27.1. The Labute approximate surface area is 255 Å². The molecule has 3 aromatic rings. The zero-order chi connectivity index (χ0) is 30.8. The predicted octanol–water partition coefficient (Wildman–Crippen LogP) is 5.23. The maximum atomic E-state index is 11.6. The molecule has 223 valence electrons. The molecule has 1 saturated heterocycles. The molecule has 0 saturated carbocycles. The van der Waals surface area contributed by atoms with Crippen LogP contribution in [0.4, 0.5) is 17.3 Å². The summed E-state index contributed by atoms with van der Waals surface area (Å²) in [6.07, 6.45) is 4.88. The van der Waals surface area contributed by atoms with Gasteiger partial charge in [-0.25, -0.2) is 15.0 Å². The highest BCUT2D eigenvalue weighted by Gasteiger charge is 2.44. The first kappa shape index (κ1) is 30.7. The van der Waals surface area contributed by atoms with Crippen molar-refractivity contribution < 1.29 is 18.7 Å². The van der Waals surface area contributed by atoms with Gasteiger partial charge in [0, 0.05) is 48.6 Å². The summed E-state index contributed by atoms with van der Waals surface area (Å²) in [6, 6.07) is 11.7. The molecule has 1 fully saturated rings. The Bertz CT molecular complexity index is 1540. The highest BCUT2D eigenvalue weighted by Crippen LogP contribution is 2.46. The first-order chi connectivity index (χ1) is 20.4. The lowest BCUT2D eigenvalue weighted by molar-refractivity contribution is 0.138. The second-order valence-electron chi connectivity index (χ2n) is 12.9. The number of anilines is 3. The first-order valence-corrected chi connectivity index (χ1v) is 17.4. The van der Waals surface area contributed by atoms with Gasteiger partial charge < -0.3 is 28.8 Å². The molecular formula is C31H38BN6O4Si. The average molecular weight is 598 g/mol. The van der Waals surface area contributed by atoms with Crippen molar-refractivity contribution in [3.05, 3.63) is 53.9 Å². The van der Waals surface area contributed by atoms with Crippen molar-refractivity contribution in [3.8, 4) is 23.2 Å². The van der Waals surface area contributed by atoms with Gasteiger partial charge in [0.15, 0.2) is 8.32 Å². The summed E-state index contributed by atoms with van der Waals surface area (Å²) in [5.41, 5.74) is 3.78. The highest BCUT2D eigenvalue weighted by atomic mass is 28.4. The molecule has 5 rings (SSSR count). The van der Waals surface area contributed by atoms with Crippen LogP contribution in [0.2, 0.25) is 18.1 Å². The Morgan fingerprint density at radius 1 is 1.28 bits per heavy atom. The van der Waals surface area contributed by atoms with Crippen LogP contribution < -0.4 is 14.9 Å². The van der Waals surface area contributed by atoms with Crippen LogP contribution in [0, 0.1) is 11.3 Å². The van der Waals surface area contributed by atoms with Gasteiger partial charge in [0.1, 0.15) is 24.0 Å². The van der Waals surface area contributed by atoms with Gasteiger partial charge in [0.25, 0.3) is 0 Å². The van der Waals surface area contributed by atoms with Gasteiger partial charge in [0.05, 0.1) is 24.5 Å². The third-order valence-corrected chi connectivity index (χ3v) is 13.1. The molecule has 10 nitrogen and oxygen atoms in total. The number of benzene rings is 1. The minimum absolute atomic E-state index is 0.0491. The fourth-order valence-corrected chi connectivity index (χ4v) is 6.21. The van der Waals surface area contributed by atoms with Gasteiger partial charge in [-0.3, -0.25) is 0 Å². The van der Waals surface area contributed by atoms with Gasteiger partial charge in [-0.15, -0.1) is 0 Å². The smallest absolute Gasteiger partial charge is 0.329 e. The van der Waals surface area contributed by atoms with E-state index in [2.05, 4.69) is 68.2 Å². The minimum Gasteiger partial charge on any atom is -0.470 e.